The molecule has 0 aliphatic carbocycles. The minimum atomic E-state index is 0.108. The van der Waals surface area contributed by atoms with E-state index in [4.69, 9.17) is 24.7 Å². The molecule has 124 valence electrons. The Bertz CT molecular complexity index is 660. The molecule has 23 heavy (non-hydrogen) atoms. The minimum Gasteiger partial charge on any atom is -0.495 e. The molecule has 0 amide bonds. The van der Waals surface area contributed by atoms with Crippen molar-refractivity contribution < 1.29 is 18.9 Å². The van der Waals surface area contributed by atoms with Crippen molar-refractivity contribution in [3.05, 3.63) is 41.5 Å². The van der Waals surface area contributed by atoms with Crippen molar-refractivity contribution in [1.82, 2.24) is 0 Å². The van der Waals surface area contributed by atoms with Crippen LogP contribution in [-0.2, 0) is 0 Å². The zero-order valence-electron chi connectivity index (χ0n) is 14.2. The summed E-state index contributed by atoms with van der Waals surface area (Å²) in [6.07, 6.45) is 0. The molecule has 0 heterocycles. The van der Waals surface area contributed by atoms with Crippen molar-refractivity contribution in [3.8, 4) is 23.0 Å². The van der Waals surface area contributed by atoms with E-state index in [1.165, 1.54) is 0 Å². The maximum atomic E-state index is 6.01. The van der Waals surface area contributed by atoms with Crippen LogP contribution in [-0.4, -0.2) is 28.4 Å². The fourth-order valence-corrected chi connectivity index (χ4v) is 2.57. The van der Waals surface area contributed by atoms with Crippen LogP contribution < -0.4 is 24.7 Å². The van der Waals surface area contributed by atoms with Gasteiger partial charge in [0, 0.05) is 5.92 Å². The molecule has 0 saturated carbocycles. The Hall–Kier alpha value is -2.56. The Morgan fingerprint density at radius 1 is 0.739 bits per heavy atom. The van der Waals surface area contributed by atoms with Gasteiger partial charge in [0.15, 0.2) is 11.5 Å². The first-order chi connectivity index (χ1) is 11.0. The number of methoxy groups -OCH3 is 4. The maximum absolute atomic E-state index is 6.01. The van der Waals surface area contributed by atoms with Gasteiger partial charge in [-0.15, -0.1) is 0 Å². The minimum absolute atomic E-state index is 0.108. The summed E-state index contributed by atoms with van der Waals surface area (Å²) in [6, 6.07) is 9.70. The fourth-order valence-electron chi connectivity index (χ4n) is 2.57. The normalized spacial score (nSPS) is 11.7. The molecule has 2 rings (SSSR count). The molecule has 5 nitrogen and oxygen atoms in total. The van der Waals surface area contributed by atoms with Crippen molar-refractivity contribution in [2.45, 2.75) is 12.8 Å². The molecule has 0 bridgehead atoms. The zero-order chi connectivity index (χ0) is 17.0. The lowest BCUT2D eigenvalue weighted by atomic mass is 9.92. The zero-order valence-corrected chi connectivity index (χ0v) is 14.2. The van der Waals surface area contributed by atoms with E-state index >= 15 is 0 Å². The fraction of sp³-hybridized carbons (Fsp3) is 0.333. The quantitative estimate of drug-likeness (QED) is 0.827. The van der Waals surface area contributed by atoms with E-state index in [9.17, 15) is 0 Å². The maximum Gasteiger partial charge on any atom is 0.203 e. The summed E-state index contributed by atoms with van der Waals surface area (Å²) < 4.78 is 21.4. The van der Waals surface area contributed by atoms with Gasteiger partial charge >= 0.3 is 0 Å². The first kappa shape index (κ1) is 16.8. The Morgan fingerprint density at radius 3 is 1.74 bits per heavy atom. The Morgan fingerprint density at radius 2 is 1.30 bits per heavy atom. The standard InChI is InChI=1S/C18H23NO4/c1-11(12-6-7-15(20-2)14(19)8-12)13-9-16(21-3)18(23-5)17(10-13)22-4/h6-11H,19H2,1-5H3. The molecule has 2 aromatic carbocycles. The van der Waals surface area contributed by atoms with Gasteiger partial charge in [0.2, 0.25) is 5.75 Å². The first-order valence-corrected chi connectivity index (χ1v) is 7.29. The third-order valence-corrected chi connectivity index (χ3v) is 3.94. The summed E-state index contributed by atoms with van der Waals surface area (Å²) in [5.41, 5.74) is 8.75. The lowest BCUT2D eigenvalue weighted by Crippen LogP contribution is -2.02. The van der Waals surface area contributed by atoms with E-state index in [2.05, 4.69) is 6.92 Å². The number of benzene rings is 2. The number of ether oxygens (including phenoxy) is 4. The van der Waals surface area contributed by atoms with Crippen molar-refractivity contribution in [3.63, 3.8) is 0 Å². The molecule has 0 aliphatic heterocycles. The SMILES string of the molecule is COc1ccc(C(C)c2cc(OC)c(OC)c(OC)c2)cc1N. The van der Waals surface area contributed by atoms with Crippen LogP contribution in [0.5, 0.6) is 23.0 Å². The summed E-state index contributed by atoms with van der Waals surface area (Å²) in [5, 5.41) is 0. The van der Waals surface area contributed by atoms with E-state index in [0.717, 1.165) is 11.1 Å². The predicted octanol–water partition coefficient (Wildman–Crippen LogP) is 3.46. The average Bonchev–Trinajstić information content (AvgIpc) is 2.59. The first-order valence-electron chi connectivity index (χ1n) is 7.29. The van der Waals surface area contributed by atoms with Crippen LogP contribution >= 0.6 is 0 Å². The molecule has 0 aliphatic rings. The molecule has 2 N–H and O–H groups in total. The molecule has 1 atom stereocenters. The van der Waals surface area contributed by atoms with Crippen molar-refractivity contribution in [1.29, 1.82) is 0 Å². The van der Waals surface area contributed by atoms with Gasteiger partial charge in [-0.3, -0.25) is 0 Å². The van der Waals surface area contributed by atoms with Gasteiger partial charge in [-0.1, -0.05) is 13.0 Å². The van der Waals surface area contributed by atoms with Gasteiger partial charge in [-0.2, -0.15) is 0 Å². The van der Waals surface area contributed by atoms with Gasteiger partial charge in [0.05, 0.1) is 34.1 Å². The third kappa shape index (κ3) is 3.28. The highest BCUT2D eigenvalue weighted by molar-refractivity contribution is 5.58. The summed E-state index contributed by atoms with van der Waals surface area (Å²) in [6.45, 7) is 2.10. The summed E-state index contributed by atoms with van der Waals surface area (Å²) in [7, 11) is 6.41. The predicted molar refractivity (Wildman–Crippen MR) is 91.0 cm³/mol. The smallest absolute Gasteiger partial charge is 0.203 e. The topological polar surface area (TPSA) is 62.9 Å². The molecule has 1 unspecified atom stereocenters. The lowest BCUT2D eigenvalue weighted by molar-refractivity contribution is 0.323. The third-order valence-electron chi connectivity index (χ3n) is 3.94. The van der Waals surface area contributed by atoms with E-state index in [1.807, 2.05) is 30.3 Å². The largest absolute Gasteiger partial charge is 0.495 e. The number of nitrogen functional groups attached to an aromatic ring is 1. The number of rotatable bonds is 6. The van der Waals surface area contributed by atoms with Crippen LogP contribution in [0.15, 0.2) is 30.3 Å². The number of anilines is 1. The Kier molecular flexibility index (Phi) is 5.21. The Labute approximate surface area is 136 Å². The van der Waals surface area contributed by atoms with Crippen LogP contribution in [0, 0.1) is 0 Å². The van der Waals surface area contributed by atoms with Crippen LogP contribution in [0.1, 0.15) is 24.0 Å². The van der Waals surface area contributed by atoms with Gasteiger partial charge < -0.3 is 24.7 Å². The van der Waals surface area contributed by atoms with Crippen LogP contribution in [0.3, 0.4) is 0 Å². The number of hydrogen-bond acceptors (Lipinski definition) is 5. The van der Waals surface area contributed by atoms with E-state index in [-0.39, 0.29) is 5.92 Å². The monoisotopic (exact) mass is 317 g/mol. The molecule has 2 aromatic rings. The molecule has 0 saturated heterocycles. The second kappa shape index (κ2) is 7.13. The summed E-state index contributed by atoms with van der Waals surface area (Å²) in [5.74, 6) is 2.63. The second-order valence-corrected chi connectivity index (χ2v) is 5.18. The molecule has 5 heteroatoms. The Balaban J connectivity index is 2.46. The molecule has 0 aromatic heterocycles. The van der Waals surface area contributed by atoms with Gasteiger partial charge in [-0.25, -0.2) is 0 Å². The van der Waals surface area contributed by atoms with Gasteiger partial charge in [0.1, 0.15) is 5.75 Å². The highest BCUT2D eigenvalue weighted by atomic mass is 16.5. The molecular weight excluding hydrogens is 294 g/mol. The van der Waals surface area contributed by atoms with Crippen LogP contribution in [0.4, 0.5) is 5.69 Å². The van der Waals surface area contributed by atoms with Crippen LogP contribution in [0.25, 0.3) is 0 Å². The molecule has 0 spiro atoms. The highest BCUT2D eigenvalue weighted by Gasteiger charge is 2.18. The van der Waals surface area contributed by atoms with E-state index in [1.54, 1.807) is 28.4 Å². The summed E-state index contributed by atoms with van der Waals surface area (Å²) >= 11 is 0. The van der Waals surface area contributed by atoms with E-state index < -0.39 is 0 Å². The number of nitrogens with two attached hydrogens (primary N) is 1. The molecular formula is C18H23NO4. The molecule has 0 fully saturated rings. The molecule has 0 radical (unpaired) electrons. The van der Waals surface area contributed by atoms with E-state index in [0.29, 0.717) is 28.7 Å². The van der Waals surface area contributed by atoms with Crippen molar-refractivity contribution >= 4 is 5.69 Å². The van der Waals surface area contributed by atoms with Crippen molar-refractivity contribution in [2.24, 2.45) is 0 Å². The highest BCUT2D eigenvalue weighted by Crippen LogP contribution is 2.41. The lowest BCUT2D eigenvalue weighted by Gasteiger charge is -2.18. The second-order valence-electron chi connectivity index (χ2n) is 5.18. The summed E-state index contributed by atoms with van der Waals surface area (Å²) in [4.78, 5) is 0. The van der Waals surface area contributed by atoms with Crippen LogP contribution in [0.2, 0.25) is 0 Å². The average molecular weight is 317 g/mol. The number of hydrogen-bond donors (Lipinski definition) is 1. The van der Waals surface area contributed by atoms with Gasteiger partial charge in [0.25, 0.3) is 0 Å². The van der Waals surface area contributed by atoms with Gasteiger partial charge in [-0.05, 0) is 35.4 Å². The van der Waals surface area contributed by atoms with Crippen molar-refractivity contribution in [2.75, 3.05) is 34.2 Å².